The number of rotatable bonds is 4. The summed E-state index contributed by atoms with van der Waals surface area (Å²) in [7, 11) is 1.68. The highest BCUT2D eigenvalue weighted by molar-refractivity contribution is 7.71. The summed E-state index contributed by atoms with van der Waals surface area (Å²) in [4.78, 5) is 3.25. The summed E-state index contributed by atoms with van der Waals surface area (Å²) in [5, 5.41) is 0. The van der Waals surface area contributed by atoms with Crippen LogP contribution in [-0.4, -0.2) is 16.7 Å². The van der Waals surface area contributed by atoms with Crippen LogP contribution in [0.3, 0.4) is 0 Å². The van der Waals surface area contributed by atoms with Crippen LogP contribution >= 0.6 is 12.2 Å². The molecule has 1 heterocycles. The Hall–Kier alpha value is -2.07. The summed E-state index contributed by atoms with van der Waals surface area (Å²) >= 11 is 5.45. The van der Waals surface area contributed by atoms with Gasteiger partial charge < -0.3 is 14.3 Å². The first-order valence-electron chi connectivity index (χ1n) is 7.00. The third-order valence-corrected chi connectivity index (χ3v) is 4.02. The maximum absolute atomic E-state index is 5.45. The summed E-state index contributed by atoms with van der Waals surface area (Å²) in [6.45, 7) is 2.97. The predicted molar refractivity (Wildman–Crippen MR) is 88.6 cm³/mol. The SMILES string of the molecule is COc1cccc2c1[nH]c(=S)n2CCc1cccc(C)c1. The smallest absolute Gasteiger partial charge is 0.178 e. The van der Waals surface area contributed by atoms with E-state index in [2.05, 4.69) is 46.8 Å². The van der Waals surface area contributed by atoms with Gasteiger partial charge >= 0.3 is 0 Å². The van der Waals surface area contributed by atoms with Crippen LogP contribution in [0.5, 0.6) is 5.75 Å². The van der Waals surface area contributed by atoms with Gasteiger partial charge in [-0.3, -0.25) is 0 Å². The third kappa shape index (κ3) is 2.72. The second kappa shape index (κ2) is 5.74. The minimum Gasteiger partial charge on any atom is -0.494 e. The van der Waals surface area contributed by atoms with Crippen LogP contribution in [0, 0.1) is 11.7 Å². The lowest BCUT2D eigenvalue weighted by Gasteiger charge is -2.06. The standard InChI is InChI=1S/C17H18N2OS/c1-12-5-3-6-13(11-12)9-10-19-14-7-4-8-15(20-2)16(14)18-17(19)21/h3-8,11H,9-10H2,1-2H3,(H,18,21). The molecule has 0 saturated heterocycles. The Bertz CT molecular complexity index is 832. The van der Waals surface area contributed by atoms with Gasteiger partial charge in [-0.1, -0.05) is 35.9 Å². The zero-order chi connectivity index (χ0) is 14.8. The van der Waals surface area contributed by atoms with Gasteiger partial charge in [-0.05, 0) is 43.3 Å². The number of hydrogen-bond donors (Lipinski definition) is 1. The number of benzene rings is 2. The van der Waals surface area contributed by atoms with Crippen molar-refractivity contribution in [3.63, 3.8) is 0 Å². The number of aromatic nitrogens is 2. The summed E-state index contributed by atoms with van der Waals surface area (Å²) in [5.74, 6) is 0.827. The predicted octanol–water partition coefficient (Wildman–Crippen LogP) is 4.26. The van der Waals surface area contributed by atoms with Gasteiger partial charge in [-0.15, -0.1) is 0 Å². The molecule has 1 N–H and O–H groups in total. The van der Waals surface area contributed by atoms with Crippen molar-refractivity contribution < 1.29 is 4.74 Å². The Morgan fingerprint density at radius 1 is 1.19 bits per heavy atom. The van der Waals surface area contributed by atoms with E-state index in [1.54, 1.807) is 7.11 Å². The number of methoxy groups -OCH3 is 1. The number of ether oxygens (including phenoxy) is 1. The maximum atomic E-state index is 5.45. The molecule has 3 rings (SSSR count). The zero-order valence-corrected chi connectivity index (χ0v) is 13.0. The van der Waals surface area contributed by atoms with E-state index in [0.29, 0.717) is 0 Å². The Morgan fingerprint density at radius 2 is 2.00 bits per heavy atom. The van der Waals surface area contributed by atoms with Crippen molar-refractivity contribution in [2.24, 2.45) is 0 Å². The number of nitrogens with zero attached hydrogens (tertiary/aromatic N) is 1. The molecule has 0 fully saturated rings. The van der Waals surface area contributed by atoms with Crippen molar-refractivity contribution in [2.45, 2.75) is 19.9 Å². The lowest BCUT2D eigenvalue weighted by Crippen LogP contribution is -2.01. The number of para-hydroxylation sites is 1. The van der Waals surface area contributed by atoms with Crippen molar-refractivity contribution in [1.29, 1.82) is 0 Å². The first-order valence-corrected chi connectivity index (χ1v) is 7.41. The second-order valence-electron chi connectivity index (χ2n) is 5.18. The molecule has 1 aromatic heterocycles. The monoisotopic (exact) mass is 298 g/mol. The molecular formula is C17H18N2OS. The van der Waals surface area contributed by atoms with Crippen molar-refractivity contribution in [3.8, 4) is 5.75 Å². The number of aromatic amines is 1. The van der Waals surface area contributed by atoms with E-state index in [-0.39, 0.29) is 0 Å². The lowest BCUT2D eigenvalue weighted by atomic mass is 10.1. The van der Waals surface area contributed by atoms with Gasteiger partial charge in [0.25, 0.3) is 0 Å². The molecule has 21 heavy (non-hydrogen) atoms. The van der Waals surface area contributed by atoms with E-state index < -0.39 is 0 Å². The van der Waals surface area contributed by atoms with E-state index >= 15 is 0 Å². The molecule has 2 aromatic carbocycles. The lowest BCUT2D eigenvalue weighted by molar-refractivity contribution is 0.419. The Labute approximate surface area is 129 Å². The summed E-state index contributed by atoms with van der Waals surface area (Å²) in [6.07, 6.45) is 0.958. The molecule has 0 aliphatic carbocycles. The van der Waals surface area contributed by atoms with Crippen LogP contribution in [0.2, 0.25) is 0 Å². The molecule has 0 amide bonds. The quantitative estimate of drug-likeness (QED) is 0.729. The summed E-state index contributed by atoms with van der Waals surface area (Å²) in [5.41, 5.74) is 4.67. The summed E-state index contributed by atoms with van der Waals surface area (Å²) < 4.78 is 8.26. The molecule has 0 aliphatic heterocycles. The third-order valence-electron chi connectivity index (χ3n) is 3.70. The molecule has 0 radical (unpaired) electrons. The molecular weight excluding hydrogens is 280 g/mol. The first-order chi connectivity index (χ1) is 10.2. The van der Waals surface area contributed by atoms with Crippen LogP contribution in [0.4, 0.5) is 0 Å². The van der Waals surface area contributed by atoms with Crippen LogP contribution in [0.25, 0.3) is 11.0 Å². The molecule has 0 bridgehead atoms. The molecule has 0 spiro atoms. The Morgan fingerprint density at radius 3 is 2.76 bits per heavy atom. The Balaban J connectivity index is 1.94. The number of nitrogens with one attached hydrogen (secondary N) is 1. The number of imidazole rings is 1. The minimum absolute atomic E-state index is 0.738. The Kier molecular flexibility index (Phi) is 3.80. The highest BCUT2D eigenvalue weighted by atomic mass is 32.1. The van der Waals surface area contributed by atoms with Gasteiger partial charge in [-0.25, -0.2) is 0 Å². The van der Waals surface area contributed by atoms with E-state index in [9.17, 15) is 0 Å². The normalized spacial score (nSPS) is 11.0. The second-order valence-corrected chi connectivity index (χ2v) is 5.56. The molecule has 0 unspecified atom stereocenters. The summed E-state index contributed by atoms with van der Waals surface area (Å²) in [6, 6.07) is 14.6. The molecule has 3 nitrogen and oxygen atoms in total. The van der Waals surface area contributed by atoms with Crippen molar-refractivity contribution >= 4 is 23.3 Å². The van der Waals surface area contributed by atoms with Crippen molar-refractivity contribution in [1.82, 2.24) is 9.55 Å². The number of H-pyrrole nitrogens is 1. The van der Waals surface area contributed by atoms with Gasteiger partial charge in [0, 0.05) is 6.54 Å². The number of fused-ring (bicyclic) bond motifs is 1. The highest BCUT2D eigenvalue weighted by Crippen LogP contribution is 2.24. The van der Waals surface area contributed by atoms with Crippen LogP contribution < -0.4 is 4.74 Å². The van der Waals surface area contributed by atoms with Crippen LogP contribution in [0.1, 0.15) is 11.1 Å². The fourth-order valence-corrected chi connectivity index (χ4v) is 2.95. The maximum Gasteiger partial charge on any atom is 0.178 e. The van der Waals surface area contributed by atoms with Crippen LogP contribution in [0.15, 0.2) is 42.5 Å². The number of aryl methyl sites for hydroxylation is 3. The van der Waals surface area contributed by atoms with Gasteiger partial charge in [-0.2, -0.15) is 0 Å². The topological polar surface area (TPSA) is 29.9 Å². The first kappa shape index (κ1) is 13.9. The van der Waals surface area contributed by atoms with Gasteiger partial charge in [0.1, 0.15) is 11.3 Å². The largest absolute Gasteiger partial charge is 0.494 e. The van der Waals surface area contributed by atoms with Gasteiger partial charge in [0.2, 0.25) is 0 Å². The molecule has 3 aromatic rings. The average Bonchev–Trinajstić information content (AvgIpc) is 2.80. The van der Waals surface area contributed by atoms with E-state index in [1.807, 2.05) is 12.1 Å². The van der Waals surface area contributed by atoms with E-state index in [1.165, 1.54) is 11.1 Å². The van der Waals surface area contributed by atoms with Crippen molar-refractivity contribution in [2.75, 3.05) is 7.11 Å². The average molecular weight is 298 g/mol. The highest BCUT2D eigenvalue weighted by Gasteiger charge is 2.08. The number of hydrogen-bond acceptors (Lipinski definition) is 2. The minimum atomic E-state index is 0.738. The van der Waals surface area contributed by atoms with Gasteiger partial charge in [0.05, 0.1) is 12.6 Å². The van der Waals surface area contributed by atoms with E-state index in [4.69, 9.17) is 17.0 Å². The van der Waals surface area contributed by atoms with Crippen molar-refractivity contribution in [3.05, 3.63) is 58.4 Å². The molecule has 108 valence electrons. The van der Waals surface area contributed by atoms with E-state index in [0.717, 1.165) is 34.5 Å². The molecule has 0 saturated carbocycles. The zero-order valence-electron chi connectivity index (χ0n) is 12.2. The molecule has 4 heteroatoms. The fraction of sp³-hybridized carbons (Fsp3) is 0.235. The fourth-order valence-electron chi connectivity index (χ4n) is 2.65. The van der Waals surface area contributed by atoms with Gasteiger partial charge in [0.15, 0.2) is 4.77 Å². The molecule has 0 aliphatic rings. The van der Waals surface area contributed by atoms with Crippen LogP contribution in [-0.2, 0) is 13.0 Å². The molecule has 0 atom stereocenters.